The molecule has 7 heteroatoms. The second kappa shape index (κ2) is 8.67. The molecule has 0 radical (unpaired) electrons. The number of hydrogen-bond donors (Lipinski definition) is 1. The number of benzene rings is 1. The van der Waals surface area contributed by atoms with Crippen LogP contribution in [-0.2, 0) is 25.9 Å². The van der Waals surface area contributed by atoms with Gasteiger partial charge in [-0.3, -0.25) is 14.4 Å². The number of carbonyl (C=O) groups excluding carboxylic acids is 2. The molecular formula is C23H23N3O3S. The van der Waals surface area contributed by atoms with Gasteiger partial charge in [0.25, 0.3) is 17.4 Å². The number of nitrogens with zero attached hydrogens (tertiary/aromatic N) is 2. The normalized spacial score (nSPS) is 13.0. The highest BCUT2D eigenvalue weighted by atomic mass is 32.1. The Bertz CT molecular complexity index is 1120. The number of fused-ring (bicyclic) bond motifs is 1. The quantitative estimate of drug-likeness (QED) is 0.689. The van der Waals surface area contributed by atoms with E-state index in [-0.39, 0.29) is 22.9 Å². The third-order valence-electron chi connectivity index (χ3n) is 5.46. The summed E-state index contributed by atoms with van der Waals surface area (Å²) in [4.78, 5) is 40.2. The van der Waals surface area contributed by atoms with Gasteiger partial charge in [-0.05, 0) is 41.0 Å². The molecule has 2 amide bonds. The lowest BCUT2D eigenvalue weighted by Gasteiger charge is -2.30. The number of rotatable bonds is 5. The van der Waals surface area contributed by atoms with Gasteiger partial charge in [0.2, 0.25) is 0 Å². The lowest BCUT2D eigenvalue weighted by molar-refractivity contribution is 0.0734. The van der Waals surface area contributed by atoms with Gasteiger partial charge < -0.3 is 14.8 Å². The Hall–Kier alpha value is -3.19. The molecule has 0 aliphatic carbocycles. The van der Waals surface area contributed by atoms with E-state index in [0.29, 0.717) is 38.0 Å². The Morgan fingerprint density at radius 2 is 1.97 bits per heavy atom. The average molecular weight is 422 g/mol. The summed E-state index contributed by atoms with van der Waals surface area (Å²) < 4.78 is 1.61. The third kappa shape index (κ3) is 3.93. The molecule has 6 nitrogen and oxygen atoms in total. The van der Waals surface area contributed by atoms with Crippen LogP contribution in [0, 0.1) is 0 Å². The second-order valence-corrected chi connectivity index (χ2v) is 8.09. The topological polar surface area (TPSA) is 71.4 Å². The van der Waals surface area contributed by atoms with Crippen LogP contribution in [0.4, 0.5) is 0 Å². The zero-order valence-electron chi connectivity index (χ0n) is 16.8. The number of pyridine rings is 1. The molecule has 1 N–H and O–H groups in total. The summed E-state index contributed by atoms with van der Waals surface area (Å²) in [5, 5.41) is 6.32. The van der Waals surface area contributed by atoms with E-state index < -0.39 is 0 Å². The van der Waals surface area contributed by atoms with Gasteiger partial charge in [-0.15, -0.1) is 0 Å². The lowest BCUT2D eigenvalue weighted by Crippen LogP contribution is -2.41. The first-order valence-electron chi connectivity index (χ1n) is 9.91. The van der Waals surface area contributed by atoms with Gasteiger partial charge in [0.1, 0.15) is 5.56 Å². The largest absolute Gasteiger partial charge is 0.355 e. The van der Waals surface area contributed by atoms with Crippen molar-refractivity contribution >= 4 is 23.2 Å². The monoisotopic (exact) mass is 421 g/mol. The molecule has 1 aliphatic rings. The molecule has 0 saturated carbocycles. The highest BCUT2D eigenvalue weighted by Gasteiger charge is 2.28. The molecule has 3 aromatic rings. The highest BCUT2D eigenvalue weighted by molar-refractivity contribution is 7.08. The Labute approximate surface area is 178 Å². The van der Waals surface area contributed by atoms with Crippen LogP contribution < -0.4 is 10.9 Å². The zero-order valence-corrected chi connectivity index (χ0v) is 17.6. The van der Waals surface area contributed by atoms with Crippen molar-refractivity contribution in [3.8, 4) is 0 Å². The van der Waals surface area contributed by atoms with Crippen molar-refractivity contribution in [2.45, 2.75) is 25.9 Å². The molecule has 0 saturated heterocycles. The molecule has 2 aromatic heterocycles. The number of aryl methyl sites for hydroxylation is 2. The minimum Gasteiger partial charge on any atom is -0.355 e. The maximum Gasteiger partial charge on any atom is 0.263 e. The Balaban J connectivity index is 1.67. The van der Waals surface area contributed by atoms with Gasteiger partial charge in [0.15, 0.2) is 0 Å². The van der Waals surface area contributed by atoms with Crippen molar-refractivity contribution in [1.82, 2.24) is 14.8 Å². The lowest BCUT2D eigenvalue weighted by atomic mass is 9.95. The molecular weight excluding hydrogens is 398 g/mol. The number of hydrogen-bond acceptors (Lipinski definition) is 4. The van der Waals surface area contributed by atoms with Crippen LogP contribution in [0.25, 0.3) is 0 Å². The van der Waals surface area contributed by atoms with Crippen molar-refractivity contribution in [2.24, 2.45) is 0 Å². The molecule has 3 heterocycles. The van der Waals surface area contributed by atoms with E-state index in [2.05, 4.69) is 5.32 Å². The van der Waals surface area contributed by atoms with Crippen LogP contribution in [0.5, 0.6) is 0 Å². The van der Waals surface area contributed by atoms with Crippen molar-refractivity contribution in [3.63, 3.8) is 0 Å². The molecule has 0 bridgehead atoms. The highest BCUT2D eigenvalue weighted by Crippen LogP contribution is 2.23. The van der Waals surface area contributed by atoms with Crippen LogP contribution in [-0.4, -0.2) is 34.9 Å². The van der Waals surface area contributed by atoms with Crippen LogP contribution in [0.2, 0.25) is 0 Å². The van der Waals surface area contributed by atoms with E-state index >= 15 is 0 Å². The van der Waals surface area contributed by atoms with Gasteiger partial charge in [-0.2, -0.15) is 11.3 Å². The van der Waals surface area contributed by atoms with Crippen molar-refractivity contribution in [3.05, 3.63) is 91.5 Å². The molecule has 4 rings (SSSR count). The molecule has 0 unspecified atom stereocenters. The standard InChI is InChI=1S/C23H23N3O3S/c1-24-21(27)20-19-8-11-25(22(28)17-9-12-30-15-17)13-18(19)14-26(23(20)29)10-7-16-5-3-2-4-6-16/h2-6,9,12,14-15H,7-8,10-11,13H2,1H3,(H,24,27). The first-order chi connectivity index (χ1) is 14.6. The predicted molar refractivity (Wildman–Crippen MR) is 117 cm³/mol. The SMILES string of the molecule is CNC(=O)c1c2c(cn(CCc3ccccc3)c1=O)CN(C(=O)c1ccsc1)CC2. The Morgan fingerprint density at radius 3 is 2.67 bits per heavy atom. The van der Waals surface area contributed by atoms with E-state index in [1.54, 1.807) is 9.47 Å². The first-order valence-corrected chi connectivity index (χ1v) is 10.9. The minimum atomic E-state index is -0.372. The fourth-order valence-corrected chi connectivity index (χ4v) is 4.50. The van der Waals surface area contributed by atoms with E-state index in [4.69, 9.17) is 0 Å². The fraction of sp³-hybridized carbons (Fsp3) is 0.261. The molecule has 0 atom stereocenters. The summed E-state index contributed by atoms with van der Waals surface area (Å²) in [6.45, 7) is 1.34. The van der Waals surface area contributed by atoms with E-state index in [0.717, 1.165) is 16.7 Å². The molecule has 30 heavy (non-hydrogen) atoms. The minimum absolute atomic E-state index is 0.0228. The number of nitrogens with one attached hydrogen (secondary N) is 1. The van der Waals surface area contributed by atoms with Crippen LogP contribution in [0.1, 0.15) is 37.4 Å². The number of amides is 2. The van der Waals surface area contributed by atoms with E-state index in [1.165, 1.54) is 18.4 Å². The number of thiophene rings is 1. The predicted octanol–water partition coefficient (Wildman–Crippen LogP) is 2.71. The summed E-state index contributed by atoms with van der Waals surface area (Å²) in [6, 6.07) is 11.7. The summed E-state index contributed by atoms with van der Waals surface area (Å²) in [7, 11) is 1.53. The first kappa shape index (κ1) is 20.1. The maximum absolute atomic E-state index is 13.1. The molecule has 0 spiro atoms. The van der Waals surface area contributed by atoms with Gasteiger partial charge in [0.05, 0.1) is 5.56 Å². The van der Waals surface area contributed by atoms with Gasteiger partial charge >= 0.3 is 0 Å². The Kier molecular flexibility index (Phi) is 5.81. The summed E-state index contributed by atoms with van der Waals surface area (Å²) in [5.41, 5.74) is 3.33. The van der Waals surface area contributed by atoms with Gasteiger partial charge in [-0.1, -0.05) is 30.3 Å². The summed E-state index contributed by atoms with van der Waals surface area (Å²) in [6.07, 6.45) is 2.99. The third-order valence-corrected chi connectivity index (χ3v) is 6.15. The van der Waals surface area contributed by atoms with Crippen LogP contribution >= 0.6 is 11.3 Å². The van der Waals surface area contributed by atoms with Gasteiger partial charge in [-0.25, -0.2) is 0 Å². The van der Waals surface area contributed by atoms with Crippen molar-refractivity contribution in [2.75, 3.05) is 13.6 Å². The maximum atomic E-state index is 13.1. The molecule has 1 aliphatic heterocycles. The summed E-state index contributed by atoms with van der Waals surface area (Å²) >= 11 is 1.49. The molecule has 1 aromatic carbocycles. The Morgan fingerprint density at radius 1 is 1.17 bits per heavy atom. The smallest absolute Gasteiger partial charge is 0.263 e. The molecule has 0 fully saturated rings. The van der Waals surface area contributed by atoms with Crippen molar-refractivity contribution < 1.29 is 9.59 Å². The zero-order chi connectivity index (χ0) is 21.1. The van der Waals surface area contributed by atoms with E-state index in [1.807, 2.05) is 53.4 Å². The number of carbonyl (C=O) groups is 2. The van der Waals surface area contributed by atoms with Crippen LogP contribution in [0.15, 0.2) is 58.1 Å². The van der Waals surface area contributed by atoms with Gasteiger partial charge in [0, 0.05) is 38.3 Å². The van der Waals surface area contributed by atoms with Crippen LogP contribution in [0.3, 0.4) is 0 Å². The fourth-order valence-electron chi connectivity index (χ4n) is 3.87. The second-order valence-electron chi connectivity index (χ2n) is 7.31. The van der Waals surface area contributed by atoms with E-state index in [9.17, 15) is 14.4 Å². The number of aromatic nitrogens is 1. The molecule has 154 valence electrons. The average Bonchev–Trinajstić information content (AvgIpc) is 3.32. The summed E-state index contributed by atoms with van der Waals surface area (Å²) in [5.74, 6) is -0.395. The van der Waals surface area contributed by atoms with Crippen molar-refractivity contribution in [1.29, 1.82) is 0 Å².